The fraction of sp³-hybridized carbons (Fsp3) is 0.278. The number of hydrogen-bond donors (Lipinski definition) is 0. The fourth-order valence-corrected chi connectivity index (χ4v) is 7.40. The van der Waals surface area contributed by atoms with Crippen LogP contribution in [0, 0.1) is 10.1 Å². The maximum absolute atomic E-state index is 14.5. The first-order valence-electron chi connectivity index (χ1n) is 14.9. The number of rotatable bonds is 14. The Hall–Kier alpha value is -4.63. The number of ketones is 1. The van der Waals surface area contributed by atoms with E-state index >= 15 is 0 Å². The number of ether oxygens (including phenoxy) is 2. The van der Waals surface area contributed by atoms with Gasteiger partial charge in [-0.25, -0.2) is 0 Å². The van der Waals surface area contributed by atoms with E-state index in [4.69, 9.17) is 9.47 Å². The number of methoxy groups -OCH3 is 2. The Morgan fingerprint density at radius 1 is 0.844 bits per heavy atom. The summed E-state index contributed by atoms with van der Waals surface area (Å²) in [5.74, 6) is 1.33. The van der Waals surface area contributed by atoms with Gasteiger partial charge in [-0.05, 0) is 72.4 Å². The minimum atomic E-state index is -0.975. The van der Waals surface area contributed by atoms with Crippen LogP contribution in [0.1, 0.15) is 30.0 Å². The second-order valence-corrected chi connectivity index (χ2v) is 12.5. The van der Waals surface area contributed by atoms with E-state index in [9.17, 15) is 19.7 Å². The minimum Gasteiger partial charge on any atom is -0.497 e. The number of nitro groups is 1. The summed E-state index contributed by atoms with van der Waals surface area (Å²) in [6, 6.07) is 30.3. The number of non-ortho nitro benzene ring substituents is 1. The van der Waals surface area contributed by atoms with E-state index in [0.717, 1.165) is 27.5 Å². The largest absolute Gasteiger partial charge is 0.497 e. The molecule has 4 aromatic carbocycles. The van der Waals surface area contributed by atoms with Crippen molar-refractivity contribution in [2.24, 2.45) is 0 Å². The van der Waals surface area contributed by atoms with Gasteiger partial charge >= 0.3 is 0 Å². The van der Waals surface area contributed by atoms with Gasteiger partial charge < -0.3 is 14.4 Å². The van der Waals surface area contributed by atoms with Crippen molar-refractivity contribution in [1.29, 1.82) is 0 Å². The lowest BCUT2D eigenvalue weighted by molar-refractivity contribution is -0.384. The lowest BCUT2D eigenvalue weighted by atomic mass is 9.77. The maximum atomic E-state index is 14.5. The molecule has 0 aromatic heterocycles. The van der Waals surface area contributed by atoms with Gasteiger partial charge in [0.2, 0.25) is 5.91 Å². The van der Waals surface area contributed by atoms with Gasteiger partial charge in [0.15, 0.2) is 5.78 Å². The summed E-state index contributed by atoms with van der Waals surface area (Å²) >= 11 is 1.45. The van der Waals surface area contributed by atoms with Crippen LogP contribution in [0.2, 0.25) is 0 Å². The quantitative estimate of drug-likeness (QED) is 0.0872. The van der Waals surface area contributed by atoms with Crippen LogP contribution in [0.4, 0.5) is 5.69 Å². The van der Waals surface area contributed by atoms with Crippen LogP contribution in [0.3, 0.4) is 0 Å². The number of amides is 1. The van der Waals surface area contributed by atoms with Crippen molar-refractivity contribution in [3.63, 3.8) is 0 Å². The zero-order valence-corrected chi connectivity index (χ0v) is 26.4. The van der Waals surface area contributed by atoms with Crippen LogP contribution in [0.15, 0.2) is 108 Å². The van der Waals surface area contributed by atoms with Crippen LogP contribution >= 0.6 is 11.8 Å². The molecule has 0 aliphatic carbocycles. The number of hydrogen-bond acceptors (Lipinski definition) is 7. The lowest BCUT2D eigenvalue weighted by Gasteiger charge is -2.57. The van der Waals surface area contributed by atoms with E-state index in [-0.39, 0.29) is 29.8 Å². The van der Waals surface area contributed by atoms with Crippen LogP contribution < -0.4 is 9.47 Å². The van der Waals surface area contributed by atoms with Crippen molar-refractivity contribution in [2.45, 2.75) is 54.3 Å². The number of carbonyl (C=O) groups is 2. The third-order valence-corrected chi connectivity index (χ3v) is 9.93. The maximum Gasteiger partial charge on any atom is 0.269 e. The van der Waals surface area contributed by atoms with Crippen molar-refractivity contribution >= 4 is 29.1 Å². The van der Waals surface area contributed by atoms with Crippen LogP contribution in [0.25, 0.3) is 0 Å². The van der Waals surface area contributed by atoms with E-state index < -0.39 is 15.7 Å². The SMILES string of the molecule is CCC1(Sc2ccccc2)C(=O)N(C(Cc2ccc(OC)cc2)Cc2ccc(OC)cc2)C1C(=O)Cc1ccc([N+](=O)[O-])cc1. The third-order valence-electron chi connectivity index (χ3n) is 8.37. The van der Waals surface area contributed by atoms with E-state index in [2.05, 4.69) is 0 Å². The zero-order chi connectivity index (χ0) is 32.0. The monoisotopic (exact) mass is 624 g/mol. The van der Waals surface area contributed by atoms with Gasteiger partial charge in [-0.15, -0.1) is 11.8 Å². The summed E-state index contributed by atoms with van der Waals surface area (Å²) in [6.07, 6.45) is 1.61. The van der Waals surface area contributed by atoms with Gasteiger partial charge in [-0.1, -0.05) is 61.5 Å². The topological polar surface area (TPSA) is 99.0 Å². The molecule has 1 heterocycles. The predicted molar refractivity (Wildman–Crippen MR) is 175 cm³/mol. The highest BCUT2D eigenvalue weighted by Gasteiger charge is 2.64. The average molecular weight is 625 g/mol. The number of nitro benzene ring substituents is 1. The lowest BCUT2D eigenvalue weighted by Crippen LogP contribution is -2.77. The molecule has 0 radical (unpaired) electrons. The first-order chi connectivity index (χ1) is 21.8. The summed E-state index contributed by atoms with van der Waals surface area (Å²) in [4.78, 5) is 42.3. The number of likely N-dealkylation sites (tertiary alicyclic amines) is 1. The Bertz CT molecular complexity index is 1580. The van der Waals surface area contributed by atoms with E-state index in [1.54, 1.807) is 31.3 Å². The molecule has 232 valence electrons. The summed E-state index contributed by atoms with van der Waals surface area (Å²) in [6.45, 7) is 1.96. The molecule has 2 atom stereocenters. The van der Waals surface area contributed by atoms with Gasteiger partial charge in [-0.2, -0.15) is 0 Å². The van der Waals surface area contributed by atoms with Crippen LogP contribution in [-0.4, -0.2) is 52.6 Å². The molecule has 1 fully saturated rings. The third kappa shape index (κ3) is 6.88. The molecule has 0 spiro atoms. The second-order valence-electron chi connectivity index (χ2n) is 11.1. The Morgan fingerprint density at radius 3 is 1.82 bits per heavy atom. The highest BCUT2D eigenvalue weighted by molar-refractivity contribution is 8.01. The Morgan fingerprint density at radius 2 is 1.36 bits per heavy atom. The van der Waals surface area contributed by atoms with Crippen molar-refractivity contribution in [3.8, 4) is 11.5 Å². The molecule has 1 amide bonds. The Labute approximate surface area is 267 Å². The first-order valence-corrected chi connectivity index (χ1v) is 15.7. The number of nitrogens with zero attached hydrogens (tertiary/aromatic N) is 2. The predicted octanol–water partition coefficient (Wildman–Crippen LogP) is 6.73. The van der Waals surface area contributed by atoms with Crippen molar-refractivity contribution in [2.75, 3.05) is 14.2 Å². The molecular weight excluding hydrogens is 588 g/mol. The molecule has 9 heteroatoms. The number of Topliss-reactive ketones (excluding diaryl/α,β-unsaturated/α-hetero) is 1. The molecule has 8 nitrogen and oxygen atoms in total. The van der Waals surface area contributed by atoms with Crippen molar-refractivity contribution in [3.05, 3.63) is 130 Å². The average Bonchev–Trinajstić information content (AvgIpc) is 3.07. The number of benzene rings is 4. The van der Waals surface area contributed by atoms with Gasteiger partial charge in [-0.3, -0.25) is 19.7 Å². The number of β-lactam (4-membered cyclic amide) rings is 1. The molecular formula is C36H36N2O6S. The van der Waals surface area contributed by atoms with E-state index in [1.165, 1.54) is 23.9 Å². The van der Waals surface area contributed by atoms with E-state index in [1.807, 2.05) is 85.8 Å². The summed E-state index contributed by atoms with van der Waals surface area (Å²) in [5.41, 5.74) is 2.68. The highest BCUT2D eigenvalue weighted by atomic mass is 32.2. The molecule has 4 aromatic rings. The van der Waals surface area contributed by atoms with E-state index in [0.29, 0.717) is 24.8 Å². The number of thioether (sulfide) groups is 1. The Balaban J connectivity index is 1.53. The fourth-order valence-electron chi connectivity index (χ4n) is 5.99. The Kier molecular flexibility index (Phi) is 9.88. The summed E-state index contributed by atoms with van der Waals surface area (Å²) in [5, 5.41) is 11.2. The molecule has 0 saturated carbocycles. The molecule has 0 bridgehead atoms. The first kappa shape index (κ1) is 31.8. The number of carbonyl (C=O) groups excluding carboxylic acids is 2. The smallest absolute Gasteiger partial charge is 0.269 e. The normalized spacial score (nSPS) is 17.6. The molecule has 0 N–H and O–H groups in total. The van der Waals surface area contributed by atoms with Gasteiger partial charge in [0.05, 0.1) is 19.1 Å². The second kappa shape index (κ2) is 14.0. The zero-order valence-electron chi connectivity index (χ0n) is 25.6. The standard InChI is InChI=1S/C36H36N2O6S/c1-4-36(45-32-8-6-5-7-9-32)34(33(39)24-27-10-16-28(17-11-27)38(41)42)37(35(36)40)29(22-25-12-18-30(43-2)19-13-25)23-26-14-20-31(44-3)21-15-26/h5-21,29,34H,4,22-24H2,1-3H3. The molecule has 45 heavy (non-hydrogen) atoms. The molecule has 5 rings (SSSR count). The highest BCUT2D eigenvalue weighted by Crippen LogP contribution is 2.50. The molecule has 1 aliphatic heterocycles. The van der Waals surface area contributed by atoms with Gasteiger partial charge in [0.25, 0.3) is 5.69 Å². The summed E-state index contributed by atoms with van der Waals surface area (Å²) < 4.78 is 9.73. The van der Waals surface area contributed by atoms with Crippen molar-refractivity contribution in [1.82, 2.24) is 4.90 Å². The molecule has 1 saturated heterocycles. The van der Waals surface area contributed by atoms with Crippen LogP contribution in [0.5, 0.6) is 11.5 Å². The van der Waals surface area contributed by atoms with Crippen LogP contribution in [-0.2, 0) is 28.9 Å². The van der Waals surface area contributed by atoms with Crippen molar-refractivity contribution < 1.29 is 24.0 Å². The minimum absolute atomic E-state index is 0.0340. The van der Waals surface area contributed by atoms with Gasteiger partial charge in [0.1, 0.15) is 22.3 Å². The molecule has 2 unspecified atom stereocenters. The molecule has 1 aliphatic rings. The van der Waals surface area contributed by atoms with Gasteiger partial charge in [0, 0.05) is 29.5 Å². The summed E-state index contributed by atoms with van der Waals surface area (Å²) in [7, 11) is 3.24.